The average Bonchev–Trinajstić information content (AvgIpc) is 3.16. The maximum Gasteiger partial charge on any atom is 0.177 e. The summed E-state index contributed by atoms with van der Waals surface area (Å²) in [6.07, 6.45) is 5.20. The zero-order valence-electron chi connectivity index (χ0n) is 11.9. The summed E-state index contributed by atoms with van der Waals surface area (Å²) < 4.78 is 16.9. The lowest BCUT2D eigenvalue weighted by Crippen LogP contribution is -2.02. The lowest BCUT2D eigenvalue weighted by atomic mass is 10.2. The Hall–Kier alpha value is -2.96. The Balaban J connectivity index is 1.73. The van der Waals surface area contributed by atoms with E-state index in [9.17, 15) is 4.39 Å². The summed E-state index contributed by atoms with van der Waals surface area (Å²) in [5, 5.41) is 4.30. The summed E-state index contributed by atoms with van der Waals surface area (Å²) in [5.41, 5.74) is 3.32. The fourth-order valence-corrected chi connectivity index (χ4v) is 2.48. The number of imidazole rings is 2. The molecule has 0 radical (unpaired) electrons. The molecule has 0 atom stereocenters. The van der Waals surface area contributed by atoms with Crippen molar-refractivity contribution in [2.75, 3.05) is 0 Å². The van der Waals surface area contributed by atoms with Crippen molar-refractivity contribution in [1.82, 2.24) is 29.3 Å². The molecule has 1 aromatic carbocycles. The Morgan fingerprint density at radius 2 is 2.18 bits per heavy atom. The smallest absolute Gasteiger partial charge is 0.177 e. The van der Waals surface area contributed by atoms with Gasteiger partial charge in [-0.1, -0.05) is 12.1 Å². The van der Waals surface area contributed by atoms with Crippen LogP contribution in [0, 0.1) is 5.82 Å². The lowest BCUT2D eigenvalue weighted by Gasteiger charge is -2.02. The van der Waals surface area contributed by atoms with Crippen LogP contribution in [0.25, 0.3) is 22.7 Å². The largest absolute Gasteiger partial charge is 0.334 e. The maximum atomic E-state index is 13.3. The molecule has 7 heteroatoms. The van der Waals surface area contributed by atoms with E-state index in [1.807, 2.05) is 17.7 Å². The quantitative estimate of drug-likeness (QED) is 0.631. The molecule has 3 heterocycles. The van der Waals surface area contributed by atoms with Crippen molar-refractivity contribution in [2.45, 2.75) is 6.54 Å². The van der Waals surface area contributed by atoms with E-state index < -0.39 is 0 Å². The number of hydrogen-bond acceptors (Lipinski definition) is 3. The van der Waals surface area contributed by atoms with Crippen LogP contribution in [0.5, 0.6) is 0 Å². The lowest BCUT2D eigenvalue weighted by molar-refractivity contribution is 0.620. The van der Waals surface area contributed by atoms with Crippen LogP contribution in [0.3, 0.4) is 0 Å². The van der Waals surface area contributed by atoms with Gasteiger partial charge in [0.05, 0.1) is 25.3 Å². The molecule has 22 heavy (non-hydrogen) atoms. The van der Waals surface area contributed by atoms with Gasteiger partial charge in [0.2, 0.25) is 0 Å². The van der Waals surface area contributed by atoms with Gasteiger partial charge >= 0.3 is 0 Å². The molecular formula is C15H13FN6. The van der Waals surface area contributed by atoms with Gasteiger partial charge in [-0.3, -0.25) is 0 Å². The third-order valence-electron chi connectivity index (χ3n) is 3.56. The predicted molar refractivity (Wildman–Crippen MR) is 79.6 cm³/mol. The number of fused-ring (bicyclic) bond motifs is 1. The molecule has 0 fully saturated rings. The molecule has 0 bridgehead atoms. The summed E-state index contributed by atoms with van der Waals surface area (Å²) in [6.45, 7) is 0.469. The molecule has 0 saturated heterocycles. The molecular weight excluding hydrogens is 283 g/mol. The van der Waals surface area contributed by atoms with Crippen LogP contribution < -0.4 is 0 Å². The molecule has 0 saturated carbocycles. The highest BCUT2D eigenvalue weighted by Gasteiger charge is 2.13. The average molecular weight is 296 g/mol. The van der Waals surface area contributed by atoms with E-state index in [0.717, 1.165) is 28.2 Å². The first kappa shape index (κ1) is 12.8. The van der Waals surface area contributed by atoms with Gasteiger partial charge in [0.1, 0.15) is 17.0 Å². The standard InChI is InChI=1S/C15H13FN6/c1-21-9-17-7-13(21)14-19-12-6-18-22(15(12)20-14)8-10-3-2-4-11(16)5-10/h2-7,9H,8H2,1H3,(H,19,20). The number of rotatable bonds is 3. The minimum absolute atomic E-state index is 0.251. The second-order valence-corrected chi connectivity index (χ2v) is 5.14. The molecule has 0 spiro atoms. The SMILES string of the molecule is Cn1cncc1-c1nc2c(cnn2Cc2cccc(F)c2)[nH]1. The van der Waals surface area contributed by atoms with Gasteiger partial charge in [-0.2, -0.15) is 5.10 Å². The van der Waals surface area contributed by atoms with Gasteiger partial charge < -0.3 is 9.55 Å². The summed E-state index contributed by atoms with van der Waals surface area (Å²) in [5.74, 6) is 0.485. The normalized spacial score (nSPS) is 11.4. The zero-order chi connectivity index (χ0) is 15.1. The van der Waals surface area contributed by atoms with Crippen molar-refractivity contribution in [2.24, 2.45) is 7.05 Å². The van der Waals surface area contributed by atoms with Crippen LogP contribution in [-0.4, -0.2) is 29.3 Å². The Labute approximate surface area is 125 Å². The van der Waals surface area contributed by atoms with Gasteiger partial charge in [-0.15, -0.1) is 0 Å². The molecule has 110 valence electrons. The van der Waals surface area contributed by atoms with E-state index >= 15 is 0 Å². The Morgan fingerprint density at radius 3 is 2.95 bits per heavy atom. The van der Waals surface area contributed by atoms with Gasteiger partial charge in [0, 0.05) is 7.05 Å². The van der Waals surface area contributed by atoms with Crippen molar-refractivity contribution < 1.29 is 4.39 Å². The van der Waals surface area contributed by atoms with Gasteiger partial charge in [0.15, 0.2) is 11.5 Å². The topological polar surface area (TPSA) is 64.3 Å². The molecule has 0 aliphatic carbocycles. The van der Waals surface area contributed by atoms with Gasteiger partial charge in [-0.25, -0.2) is 19.0 Å². The Morgan fingerprint density at radius 1 is 1.27 bits per heavy atom. The predicted octanol–water partition coefficient (Wildman–Crippen LogP) is 2.35. The molecule has 4 aromatic rings. The first-order chi connectivity index (χ1) is 10.7. The Bertz CT molecular complexity index is 948. The number of aryl methyl sites for hydroxylation is 1. The van der Waals surface area contributed by atoms with Crippen LogP contribution in [0.4, 0.5) is 4.39 Å². The van der Waals surface area contributed by atoms with Crippen molar-refractivity contribution in [1.29, 1.82) is 0 Å². The third-order valence-corrected chi connectivity index (χ3v) is 3.56. The minimum atomic E-state index is -0.251. The zero-order valence-corrected chi connectivity index (χ0v) is 11.9. The summed E-state index contributed by atoms with van der Waals surface area (Å²) >= 11 is 0. The first-order valence-electron chi connectivity index (χ1n) is 6.83. The van der Waals surface area contributed by atoms with Crippen LogP contribution in [-0.2, 0) is 13.6 Å². The van der Waals surface area contributed by atoms with Crippen molar-refractivity contribution in [3.8, 4) is 11.5 Å². The van der Waals surface area contributed by atoms with E-state index in [2.05, 4.69) is 20.1 Å². The number of aromatic nitrogens is 6. The number of H-pyrrole nitrogens is 1. The fraction of sp³-hybridized carbons (Fsp3) is 0.133. The highest BCUT2D eigenvalue weighted by atomic mass is 19.1. The van der Waals surface area contributed by atoms with Crippen molar-refractivity contribution in [3.05, 3.63) is 54.4 Å². The number of halogens is 1. The molecule has 0 amide bonds. The number of hydrogen-bond donors (Lipinski definition) is 1. The molecule has 6 nitrogen and oxygen atoms in total. The van der Waals surface area contributed by atoms with Crippen LogP contribution >= 0.6 is 0 Å². The van der Waals surface area contributed by atoms with Crippen LogP contribution in [0.1, 0.15) is 5.56 Å². The number of benzene rings is 1. The number of nitrogens with zero attached hydrogens (tertiary/aromatic N) is 5. The van der Waals surface area contributed by atoms with Gasteiger partial charge in [0.25, 0.3) is 0 Å². The maximum absolute atomic E-state index is 13.3. The summed E-state index contributed by atoms with van der Waals surface area (Å²) in [7, 11) is 1.91. The number of nitrogens with one attached hydrogen (secondary N) is 1. The molecule has 0 aliphatic heterocycles. The van der Waals surface area contributed by atoms with Crippen molar-refractivity contribution >= 4 is 11.2 Å². The van der Waals surface area contributed by atoms with E-state index in [-0.39, 0.29) is 5.82 Å². The van der Waals surface area contributed by atoms with E-state index in [1.165, 1.54) is 12.1 Å². The molecule has 3 aromatic heterocycles. The van der Waals surface area contributed by atoms with Crippen LogP contribution in [0.15, 0.2) is 43.0 Å². The molecule has 0 unspecified atom stereocenters. The highest BCUT2D eigenvalue weighted by Crippen LogP contribution is 2.20. The first-order valence-corrected chi connectivity index (χ1v) is 6.83. The second kappa shape index (κ2) is 4.80. The van der Waals surface area contributed by atoms with Crippen LogP contribution in [0.2, 0.25) is 0 Å². The van der Waals surface area contributed by atoms with Gasteiger partial charge in [-0.05, 0) is 17.7 Å². The van der Waals surface area contributed by atoms with E-state index in [0.29, 0.717) is 6.54 Å². The second-order valence-electron chi connectivity index (χ2n) is 5.14. The number of aromatic amines is 1. The summed E-state index contributed by atoms with van der Waals surface area (Å²) in [4.78, 5) is 11.9. The molecule has 0 aliphatic rings. The van der Waals surface area contributed by atoms with E-state index in [4.69, 9.17) is 0 Å². The molecule has 1 N–H and O–H groups in total. The third kappa shape index (κ3) is 2.07. The highest BCUT2D eigenvalue weighted by molar-refractivity contribution is 5.75. The Kier molecular flexibility index (Phi) is 2.78. The molecule has 4 rings (SSSR count). The monoisotopic (exact) mass is 296 g/mol. The van der Waals surface area contributed by atoms with E-state index in [1.54, 1.807) is 29.5 Å². The fourth-order valence-electron chi connectivity index (χ4n) is 2.48. The van der Waals surface area contributed by atoms with Crippen molar-refractivity contribution in [3.63, 3.8) is 0 Å². The minimum Gasteiger partial charge on any atom is -0.334 e. The summed E-state index contributed by atoms with van der Waals surface area (Å²) in [6, 6.07) is 6.49.